The normalized spacial score (nSPS) is 11.8. The Balaban J connectivity index is 2.02. The summed E-state index contributed by atoms with van der Waals surface area (Å²) in [6.07, 6.45) is 3.41. The number of rotatable bonds is 5. The van der Waals surface area contributed by atoms with Crippen molar-refractivity contribution in [3.05, 3.63) is 24.2 Å². The highest BCUT2D eigenvalue weighted by molar-refractivity contribution is 7.91. The number of sulfonamides is 1. The predicted molar refractivity (Wildman–Crippen MR) is 68.7 cm³/mol. The average Bonchev–Trinajstić information content (AvgIpc) is 2.88. The molecule has 0 saturated carbocycles. The molecule has 3 N–H and O–H groups in total. The van der Waals surface area contributed by atoms with Crippen molar-refractivity contribution in [3.63, 3.8) is 0 Å². The second-order valence-electron chi connectivity index (χ2n) is 3.59. The van der Waals surface area contributed by atoms with Crippen molar-refractivity contribution in [2.45, 2.75) is 17.7 Å². The van der Waals surface area contributed by atoms with Crippen molar-refractivity contribution in [1.82, 2.24) is 19.5 Å². The Morgan fingerprint density at radius 1 is 1.56 bits per heavy atom. The van der Waals surface area contributed by atoms with Gasteiger partial charge in [0.05, 0.1) is 12.2 Å². The molecule has 2 aromatic heterocycles. The van der Waals surface area contributed by atoms with Crippen LogP contribution in [0.3, 0.4) is 0 Å². The smallest absolute Gasteiger partial charge is 0.252 e. The molecule has 0 fully saturated rings. The van der Waals surface area contributed by atoms with Gasteiger partial charge in [0.1, 0.15) is 0 Å². The topological polar surface area (TPSA) is 103 Å². The van der Waals surface area contributed by atoms with Gasteiger partial charge in [-0.2, -0.15) is 5.10 Å². The van der Waals surface area contributed by atoms with Gasteiger partial charge in [-0.3, -0.25) is 4.68 Å². The summed E-state index contributed by atoms with van der Waals surface area (Å²) in [5.74, 6) is 0. The largest absolute Gasteiger partial charge is 0.375 e. The molecule has 0 saturated heterocycles. The highest BCUT2D eigenvalue weighted by Crippen LogP contribution is 2.24. The fourth-order valence-electron chi connectivity index (χ4n) is 1.44. The molecule has 2 aromatic rings. The Morgan fingerprint density at radius 2 is 2.33 bits per heavy atom. The molecule has 18 heavy (non-hydrogen) atoms. The Kier molecular flexibility index (Phi) is 3.64. The van der Waals surface area contributed by atoms with E-state index in [0.717, 1.165) is 11.3 Å². The van der Waals surface area contributed by atoms with Crippen molar-refractivity contribution in [3.8, 4) is 0 Å². The second kappa shape index (κ2) is 5.04. The molecule has 9 heteroatoms. The standard InChI is InChI=1S/C9H13N5O2S2/c1-7-8(17-9(10)13-7)18(15,16)12-4-6-14-5-2-3-11-14/h2-3,5,12H,4,6H2,1H3,(H2,10,13). The van der Waals surface area contributed by atoms with Gasteiger partial charge in [-0.25, -0.2) is 18.1 Å². The van der Waals surface area contributed by atoms with Crippen molar-refractivity contribution >= 4 is 26.5 Å². The summed E-state index contributed by atoms with van der Waals surface area (Å²) in [6.45, 7) is 2.36. The zero-order valence-corrected chi connectivity index (χ0v) is 11.3. The number of nitrogens with one attached hydrogen (secondary N) is 1. The average molecular weight is 287 g/mol. The van der Waals surface area contributed by atoms with Crippen LogP contribution in [-0.2, 0) is 16.6 Å². The van der Waals surface area contributed by atoms with E-state index in [1.54, 1.807) is 30.1 Å². The van der Waals surface area contributed by atoms with Crippen molar-refractivity contribution in [1.29, 1.82) is 0 Å². The first-order valence-corrected chi connectivity index (χ1v) is 7.49. The highest BCUT2D eigenvalue weighted by Gasteiger charge is 2.20. The molecule has 0 amide bonds. The molecule has 0 aromatic carbocycles. The minimum absolute atomic E-state index is 0.167. The van der Waals surface area contributed by atoms with Gasteiger partial charge in [-0.05, 0) is 13.0 Å². The summed E-state index contributed by atoms with van der Waals surface area (Å²) < 4.78 is 28.2. The van der Waals surface area contributed by atoms with E-state index in [-0.39, 0.29) is 15.9 Å². The summed E-state index contributed by atoms with van der Waals surface area (Å²) in [4.78, 5) is 3.89. The van der Waals surface area contributed by atoms with E-state index in [0.29, 0.717) is 12.2 Å². The number of hydrogen-bond acceptors (Lipinski definition) is 6. The van der Waals surface area contributed by atoms with E-state index in [4.69, 9.17) is 5.73 Å². The lowest BCUT2D eigenvalue weighted by Crippen LogP contribution is -2.27. The number of nitrogens with zero attached hydrogens (tertiary/aromatic N) is 3. The number of hydrogen-bond donors (Lipinski definition) is 2. The van der Waals surface area contributed by atoms with Crippen molar-refractivity contribution in [2.24, 2.45) is 0 Å². The van der Waals surface area contributed by atoms with E-state index in [2.05, 4.69) is 14.8 Å². The predicted octanol–water partition coefficient (Wildman–Crippen LogP) is 0.209. The number of nitrogen functional groups attached to an aromatic ring is 1. The lowest BCUT2D eigenvalue weighted by Gasteiger charge is -2.05. The number of nitrogens with two attached hydrogens (primary N) is 1. The van der Waals surface area contributed by atoms with Crippen LogP contribution in [-0.4, -0.2) is 29.7 Å². The van der Waals surface area contributed by atoms with Crippen LogP contribution in [0.5, 0.6) is 0 Å². The molecule has 0 aliphatic rings. The third-order valence-corrected chi connectivity index (χ3v) is 5.26. The van der Waals surface area contributed by atoms with Crippen LogP contribution in [0.25, 0.3) is 0 Å². The SMILES string of the molecule is Cc1nc(N)sc1S(=O)(=O)NCCn1cccn1. The molecule has 2 heterocycles. The Hall–Kier alpha value is -1.45. The van der Waals surface area contributed by atoms with Gasteiger partial charge >= 0.3 is 0 Å². The molecular formula is C9H13N5O2S2. The Bertz CT molecular complexity index is 617. The molecule has 0 bridgehead atoms. The lowest BCUT2D eigenvalue weighted by molar-refractivity contribution is 0.562. The minimum atomic E-state index is -3.54. The molecule has 2 rings (SSSR count). The maximum atomic E-state index is 12.0. The molecule has 0 spiro atoms. The van der Waals surface area contributed by atoms with Crippen molar-refractivity contribution in [2.75, 3.05) is 12.3 Å². The third kappa shape index (κ3) is 2.86. The van der Waals surface area contributed by atoms with E-state index in [1.165, 1.54) is 0 Å². The van der Waals surface area contributed by atoms with Crippen LogP contribution in [0, 0.1) is 6.92 Å². The zero-order valence-electron chi connectivity index (χ0n) is 9.70. The Morgan fingerprint density at radius 3 is 2.89 bits per heavy atom. The maximum absolute atomic E-state index is 12.0. The summed E-state index contributed by atoms with van der Waals surface area (Å²) in [5.41, 5.74) is 5.90. The molecule has 0 unspecified atom stereocenters. The van der Waals surface area contributed by atoms with Gasteiger partial charge in [0.15, 0.2) is 9.34 Å². The summed E-state index contributed by atoms with van der Waals surface area (Å²) in [6, 6.07) is 1.78. The molecule has 0 aliphatic carbocycles. The van der Waals surface area contributed by atoms with Crippen LogP contribution in [0.2, 0.25) is 0 Å². The molecular weight excluding hydrogens is 274 g/mol. The molecule has 0 atom stereocenters. The van der Waals surface area contributed by atoms with Gasteiger partial charge in [0, 0.05) is 18.9 Å². The van der Waals surface area contributed by atoms with Gasteiger partial charge in [0.2, 0.25) is 0 Å². The maximum Gasteiger partial charge on any atom is 0.252 e. The van der Waals surface area contributed by atoms with Gasteiger partial charge in [0.25, 0.3) is 10.0 Å². The van der Waals surface area contributed by atoms with Crippen LogP contribution in [0.4, 0.5) is 5.13 Å². The third-order valence-electron chi connectivity index (χ3n) is 2.21. The minimum Gasteiger partial charge on any atom is -0.375 e. The summed E-state index contributed by atoms with van der Waals surface area (Å²) >= 11 is 0.963. The molecule has 98 valence electrons. The number of thiazole rings is 1. The number of aromatic nitrogens is 3. The van der Waals surface area contributed by atoms with Crippen LogP contribution in [0.15, 0.2) is 22.7 Å². The summed E-state index contributed by atoms with van der Waals surface area (Å²) in [7, 11) is -3.54. The molecule has 0 radical (unpaired) electrons. The lowest BCUT2D eigenvalue weighted by atomic mass is 10.6. The summed E-state index contributed by atoms with van der Waals surface area (Å²) in [5, 5.41) is 4.23. The first-order chi connectivity index (χ1) is 8.49. The van der Waals surface area contributed by atoms with Gasteiger partial charge in [-0.1, -0.05) is 11.3 Å². The molecule has 7 nitrogen and oxygen atoms in total. The fraction of sp³-hybridized carbons (Fsp3) is 0.333. The Labute approximate surface area is 109 Å². The van der Waals surface area contributed by atoms with E-state index in [1.807, 2.05) is 0 Å². The van der Waals surface area contributed by atoms with Gasteiger partial charge < -0.3 is 5.73 Å². The first-order valence-electron chi connectivity index (χ1n) is 5.19. The van der Waals surface area contributed by atoms with E-state index < -0.39 is 10.0 Å². The van der Waals surface area contributed by atoms with Gasteiger partial charge in [-0.15, -0.1) is 0 Å². The van der Waals surface area contributed by atoms with E-state index >= 15 is 0 Å². The van der Waals surface area contributed by atoms with Crippen LogP contribution in [0.1, 0.15) is 5.69 Å². The number of aryl methyl sites for hydroxylation is 1. The van der Waals surface area contributed by atoms with Crippen LogP contribution >= 0.6 is 11.3 Å². The second-order valence-corrected chi connectivity index (χ2v) is 6.58. The van der Waals surface area contributed by atoms with E-state index in [9.17, 15) is 8.42 Å². The number of anilines is 1. The van der Waals surface area contributed by atoms with Crippen molar-refractivity contribution < 1.29 is 8.42 Å². The van der Waals surface area contributed by atoms with Crippen LogP contribution < -0.4 is 10.5 Å². The zero-order chi connectivity index (χ0) is 13.2. The quantitative estimate of drug-likeness (QED) is 0.818. The monoisotopic (exact) mass is 287 g/mol. The highest BCUT2D eigenvalue weighted by atomic mass is 32.2. The molecule has 0 aliphatic heterocycles. The fourth-order valence-corrected chi connectivity index (χ4v) is 3.81. The first kappa shape index (κ1) is 13.0.